The molecule has 0 aliphatic carbocycles. The number of benzene rings is 1. The maximum Gasteiger partial charge on any atom is 0.326 e. The molecule has 0 aliphatic heterocycles. The molecule has 0 spiro atoms. The molecule has 36 heavy (non-hydrogen) atoms. The van der Waals surface area contributed by atoms with Gasteiger partial charge < -0.3 is 31.9 Å². The normalized spacial score (nSPS) is 15.9. The molecule has 3 amide bonds. The second-order valence-corrected chi connectivity index (χ2v) is 9.03. The van der Waals surface area contributed by atoms with Gasteiger partial charge in [-0.3, -0.25) is 19.2 Å². The molecule has 0 radical (unpaired) electrons. The highest BCUT2D eigenvalue weighted by molar-refractivity contribution is 5.95. The van der Waals surface area contributed by atoms with Gasteiger partial charge in [-0.15, -0.1) is 0 Å². The van der Waals surface area contributed by atoms with Crippen LogP contribution in [-0.2, 0) is 30.4 Å². The van der Waals surface area contributed by atoms with E-state index in [1.165, 1.54) is 0 Å². The van der Waals surface area contributed by atoms with Crippen molar-refractivity contribution in [2.45, 2.75) is 77.5 Å². The zero-order valence-electron chi connectivity index (χ0n) is 21.2. The average Bonchev–Trinajstić information content (AvgIpc) is 2.84. The van der Waals surface area contributed by atoms with E-state index in [4.69, 9.17) is 5.73 Å². The van der Waals surface area contributed by atoms with Gasteiger partial charge in [0.25, 0.3) is 0 Å². The van der Waals surface area contributed by atoms with Crippen molar-refractivity contribution in [2.75, 3.05) is 0 Å². The van der Waals surface area contributed by atoms with Crippen molar-refractivity contribution in [3.05, 3.63) is 35.9 Å². The fraction of sp³-hybridized carbons (Fsp3) is 0.560. The Morgan fingerprint density at radius 3 is 1.83 bits per heavy atom. The minimum absolute atomic E-state index is 0.0192. The smallest absolute Gasteiger partial charge is 0.326 e. The van der Waals surface area contributed by atoms with Crippen molar-refractivity contribution in [2.24, 2.45) is 17.6 Å². The highest BCUT2D eigenvalue weighted by Gasteiger charge is 2.33. The first-order valence-corrected chi connectivity index (χ1v) is 12.1. The summed E-state index contributed by atoms with van der Waals surface area (Å²) in [7, 11) is 0. The first-order chi connectivity index (χ1) is 16.9. The Bertz CT molecular complexity index is 909. The topological polar surface area (TPSA) is 188 Å². The van der Waals surface area contributed by atoms with Crippen LogP contribution in [0.15, 0.2) is 30.3 Å². The van der Waals surface area contributed by atoms with Crippen LogP contribution in [0.1, 0.15) is 52.5 Å². The third-order valence-corrected chi connectivity index (χ3v) is 6.26. The van der Waals surface area contributed by atoms with Gasteiger partial charge in [-0.25, -0.2) is 4.79 Å². The van der Waals surface area contributed by atoms with Gasteiger partial charge in [-0.2, -0.15) is 0 Å². The largest absolute Gasteiger partial charge is 0.481 e. The van der Waals surface area contributed by atoms with Crippen LogP contribution in [0.4, 0.5) is 0 Å². The Morgan fingerprint density at radius 1 is 0.806 bits per heavy atom. The number of carboxylic acid groups (broad SMARTS) is 2. The molecule has 0 saturated carbocycles. The summed E-state index contributed by atoms with van der Waals surface area (Å²) in [5.74, 6) is -5.44. The summed E-state index contributed by atoms with van der Waals surface area (Å²) in [6, 6.07) is 3.90. The fourth-order valence-corrected chi connectivity index (χ4v) is 3.43. The monoisotopic (exact) mass is 506 g/mol. The second-order valence-electron chi connectivity index (χ2n) is 9.03. The molecule has 6 atom stereocenters. The number of carbonyl (C=O) groups is 5. The summed E-state index contributed by atoms with van der Waals surface area (Å²) < 4.78 is 0. The van der Waals surface area contributed by atoms with Crippen LogP contribution in [0.5, 0.6) is 0 Å². The zero-order valence-corrected chi connectivity index (χ0v) is 21.2. The number of rotatable bonds is 15. The van der Waals surface area contributed by atoms with Gasteiger partial charge >= 0.3 is 11.9 Å². The van der Waals surface area contributed by atoms with Crippen LogP contribution >= 0.6 is 0 Å². The van der Waals surface area contributed by atoms with Gasteiger partial charge in [-0.05, 0) is 17.4 Å². The van der Waals surface area contributed by atoms with E-state index in [1.54, 1.807) is 51.1 Å². The molecule has 0 aliphatic rings. The van der Waals surface area contributed by atoms with Crippen molar-refractivity contribution >= 4 is 29.7 Å². The van der Waals surface area contributed by atoms with E-state index in [1.807, 2.05) is 6.92 Å². The van der Waals surface area contributed by atoms with E-state index in [2.05, 4.69) is 16.0 Å². The van der Waals surface area contributed by atoms with Crippen LogP contribution in [-0.4, -0.2) is 64.0 Å². The minimum Gasteiger partial charge on any atom is -0.481 e. The number of hydrogen-bond donors (Lipinski definition) is 6. The summed E-state index contributed by atoms with van der Waals surface area (Å²) in [6.45, 7) is 7.07. The Kier molecular flexibility index (Phi) is 12.6. The predicted molar refractivity (Wildman–Crippen MR) is 133 cm³/mol. The number of aliphatic carboxylic acids is 2. The molecule has 7 N–H and O–H groups in total. The van der Waals surface area contributed by atoms with E-state index < -0.39 is 60.2 Å². The molecular formula is C25H38N4O7. The number of amides is 3. The lowest BCUT2D eigenvalue weighted by Crippen LogP contribution is -2.59. The Labute approximate surface area is 211 Å². The quantitative estimate of drug-likeness (QED) is 0.200. The van der Waals surface area contributed by atoms with Crippen molar-refractivity contribution in [1.82, 2.24) is 16.0 Å². The first kappa shape index (κ1) is 30.6. The highest BCUT2D eigenvalue weighted by Crippen LogP contribution is 2.11. The lowest BCUT2D eigenvalue weighted by atomic mass is 9.97. The van der Waals surface area contributed by atoms with Gasteiger partial charge in [-0.1, -0.05) is 70.9 Å². The molecular weight excluding hydrogens is 468 g/mol. The maximum absolute atomic E-state index is 13.1. The molecule has 0 fully saturated rings. The third-order valence-electron chi connectivity index (χ3n) is 6.26. The number of hydrogen-bond acceptors (Lipinski definition) is 6. The van der Waals surface area contributed by atoms with Crippen LogP contribution in [0.25, 0.3) is 0 Å². The van der Waals surface area contributed by atoms with Crippen LogP contribution < -0.4 is 21.7 Å². The number of carbonyl (C=O) groups excluding carboxylic acids is 3. The van der Waals surface area contributed by atoms with E-state index >= 15 is 0 Å². The summed E-state index contributed by atoms with van der Waals surface area (Å²) in [4.78, 5) is 61.8. The second kappa shape index (κ2) is 14.8. The molecule has 0 saturated heterocycles. The summed E-state index contributed by atoms with van der Waals surface area (Å²) in [5.41, 5.74) is 6.60. The van der Waals surface area contributed by atoms with E-state index in [9.17, 15) is 34.2 Å². The fourth-order valence-electron chi connectivity index (χ4n) is 3.43. The van der Waals surface area contributed by atoms with E-state index in [0.717, 1.165) is 0 Å². The third kappa shape index (κ3) is 9.65. The van der Waals surface area contributed by atoms with Crippen molar-refractivity contribution in [3.8, 4) is 0 Å². The molecule has 6 unspecified atom stereocenters. The molecule has 200 valence electrons. The Morgan fingerprint density at radius 2 is 1.33 bits per heavy atom. The van der Waals surface area contributed by atoms with Gasteiger partial charge in [0.05, 0.1) is 12.5 Å². The molecule has 1 rings (SSSR count). The van der Waals surface area contributed by atoms with E-state index in [0.29, 0.717) is 18.4 Å². The molecule has 0 bridgehead atoms. The van der Waals surface area contributed by atoms with E-state index in [-0.39, 0.29) is 18.3 Å². The molecule has 11 heteroatoms. The molecule has 0 heterocycles. The average molecular weight is 507 g/mol. The van der Waals surface area contributed by atoms with Gasteiger partial charge in [0.1, 0.15) is 18.1 Å². The number of nitrogens with one attached hydrogen (secondary N) is 3. The van der Waals surface area contributed by atoms with Crippen molar-refractivity contribution in [1.29, 1.82) is 0 Å². The molecule has 1 aromatic carbocycles. The Balaban J connectivity index is 3.17. The van der Waals surface area contributed by atoms with Crippen LogP contribution in [0.3, 0.4) is 0 Å². The van der Waals surface area contributed by atoms with Gasteiger partial charge in [0.15, 0.2) is 0 Å². The molecule has 1 aromatic rings. The maximum atomic E-state index is 13.1. The summed E-state index contributed by atoms with van der Waals surface area (Å²) in [5, 5.41) is 26.2. The number of nitrogens with two attached hydrogens (primary N) is 1. The summed E-state index contributed by atoms with van der Waals surface area (Å²) >= 11 is 0. The highest BCUT2D eigenvalue weighted by atomic mass is 16.4. The van der Waals surface area contributed by atoms with Gasteiger partial charge in [0, 0.05) is 6.42 Å². The van der Waals surface area contributed by atoms with Crippen molar-refractivity contribution < 1.29 is 34.2 Å². The lowest BCUT2D eigenvalue weighted by molar-refractivity contribution is -0.144. The SMILES string of the molecule is CCC(C)C(N)C(=O)NC(CC(=O)O)C(=O)NC(Cc1ccccc1)C(=O)NC(C(=O)O)C(C)CC. The first-order valence-electron chi connectivity index (χ1n) is 12.1. The van der Waals surface area contributed by atoms with Crippen molar-refractivity contribution in [3.63, 3.8) is 0 Å². The summed E-state index contributed by atoms with van der Waals surface area (Å²) in [6.07, 6.45) is 0.390. The molecule has 11 nitrogen and oxygen atoms in total. The standard InChI is InChI=1S/C25H38N4O7/c1-5-14(3)20(26)24(34)28-18(13-19(30)31)22(32)27-17(12-16-10-8-7-9-11-16)23(33)29-21(25(35)36)15(4)6-2/h7-11,14-15,17-18,20-21H,5-6,12-13,26H2,1-4H3,(H,27,32)(H,28,34)(H,29,33)(H,30,31)(H,35,36). The predicted octanol–water partition coefficient (Wildman–Crippen LogP) is 0.662. The molecule has 0 aromatic heterocycles. The lowest BCUT2D eigenvalue weighted by Gasteiger charge is -2.26. The van der Waals surface area contributed by atoms with Crippen LogP contribution in [0.2, 0.25) is 0 Å². The Hall–Kier alpha value is -3.47. The number of carboxylic acids is 2. The van der Waals surface area contributed by atoms with Crippen LogP contribution in [0, 0.1) is 11.8 Å². The zero-order chi connectivity index (χ0) is 27.4. The van der Waals surface area contributed by atoms with Gasteiger partial charge in [0.2, 0.25) is 17.7 Å². The minimum atomic E-state index is -1.49.